The molecule has 1 heterocycles. The zero-order valence-corrected chi connectivity index (χ0v) is 16.3. The first-order valence-electron chi connectivity index (χ1n) is 8.48. The van der Waals surface area contributed by atoms with E-state index in [0.29, 0.717) is 46.4 Å². The number of rotatable bonds is 8. The molecular formula is C19H21N3O4S. The number of hydrogen-bond donors (Lipinski definition) is 1. The van der Waals surface area contributed by atoms with Crippen LogP contribution in [0.1, 0.15) is 32.3 Å². The van der Waals surface area contributed by atoms with Crippen LogP contribution in [0, 0.1) is 21.4 Å². The second-order valence-corrected chi connectivity index (χ2v) is 7.01. The third-order valence-corrected chi connectivity index (χ3v) is 5.10. The minimum Gasteiger partial charge on any atom is -0.381 e. The molecular weight excluding hydrogens is 366 g/mol. The summed E-state index contributed by atoms with van der Waals surface area (Å²) in [6.07, 6.45) is 0. The SMILES string of the molecule is CCOCCSC1=C(C#N)C(c2cccc([N+](=O)[O-])c2)C(C(C)=O)=C(C)N1. The quantitative estimate of drug-likeness (QED) is 0.412. The number of ketones is 1. The molecule has 1 N–H and O–H groups in total. The highest BCUT2D eigenvalue weighted by atomic mass is 32.2. The Labute approximate surface area is 162 Å². The maximum atomic E-state index is 12.3. The largest absolute Gasteiger partial charge is 0.381 e. The van der Waals surface area contributed by atoms with Gasteiger partial charge in [0.1, 0.15) is 0 Å². The average Bonchev–Trinajstić information content (AvgIpc) is 2.64. The van der Waals surface area contributed by atoms with Crippen molar-refractivity contribution in [1.29, 1.82) is 5.26 Å². The summed E-state index contributed by atoms with van der Waals surface area (Å²) in [4.78, 5) is 23.0. The summed E-state index contributed by atoms with van der Waals surface area (Å²) >= 11 is 1.44. The summed E-state index contributed by atoms with van der Waals surface area (Å²) in [5, 5.41) is 24.8. The van der Waals surface area contributed by atoms with Crippen molar-refractivity contribution in [3.8, 4) is 6.07 Å². The van der Waals surface area contributed by atoms with Crippen molar-refractivity contribution in [3.63, 3.8) is 0 Å². The van der Waals surface area contributed by atoms with E-state index < -0.39 is 10.8 Å². The molecule has 0 fully saturated rings. The van der Waals surface area contributed by atoms with Crippen LogP contribution in [0.3, 0.4) is 0 Å². The smallest absolute Gasteiger partial charge is 0.269 e. The van der Waals surface area contributed by atoms with Gasteiger partial charge in [0.15, 0.2) is 5.78 Å². The Morgan fingerprint density at radius 3 is 2.81 bits per heavy atom. The molecule has 0 bridgehead atoms. The highest BCUT2D eigenvalue weighted by Crippen LogP contribution is 2.41. The summed E-state index contributed by atoms with van der Waals surface area (Å²) in [5.74, 6) is -0.169. The van der Waals surface area contributed by atoms with Crippen LogP contribution in [0.15, 0.2) is 46.1 Å². The number of nitrogens with zero attached hydrogens (tertiary/aromatic N) is 2. The van der Waals surface area contributed by atoms with E-state index in [1.165, 1.54) is 30.8 Å². The van der Waals surface area contributed by atoms with Crippen LogP contribution in [0.2, 0.25) is 0 Å². The number of nitrogens with one attached hydrogen (secondary N) is 1. The van der Waals surface area contributed by atoms with Crippen molar-refractivity contribution in [2.75, 3.05) is 19.0 Å². The fourth-order valence-electron chi connectivity index (χ4n) is 2.99. The Bertz CT molecular complexity index is 855. The molecule has 2 rings (SSSR count). The van der Waals surface area contributed by atoms with Crippen LogP contribution in [0.25, 0.3) is 0 Å². The number of thioether (sulfide) groups is 1. The van der Waals surface area contributed by atoms with Crippen molar-refractivity contribution in [3.05, 3.63) is 61.8 Å². The standard InChI is InChI=1S/C19H21N3O4S/c1-4-26-8-9-27-19-16(11-20)18(17(13(3)23)12(2)21-19)14-6-5-7-15(10-14)22(24)25/h5-7,10,18,21H,4,8-9H2,1-3H3. The number of benzene rings is 1. The van der Waals surface area contributed by atoms with Crippen LogP contribution in [-0.2, 0) is 9.53 Å². The first kappa shape index (κ1) is 20.7. The van der Waals surface area contributed by atoms with E-state index in [1.807, 2.05) is 6.92 Å². The minimum absolute atomic E-state index is 0.0746. The minimum atomic E-state index is -0.636. The second kappa shape index (κ2) is 9.35. The first-order valence-corrected chi connectivity index (χ1v) is 9.47. The van der Waals surface area contributed by atoms with Crippen molar-refractivity contribution in [1.82, 2.24) is 5.32 Å². The molecule has 0 saturated heterocycles. The fourth-order valence-corrected chi connectivity index (χ4v) is 3.94. The van der Waals surface area contributed by atoms with Crippen molar-refractivity contribution < 1.29 is 14.5 Å². The predicted molar refractivity (Wildman–Crippen MR) is 104 cm³/mol. The molecule has 142 valence electrons. The van der Waals surface area contributed by atoms with Crippen LogP contribution < -0.4 is 5.32 Å². The summed E-state index contributed by atoms with van der Waals surface area (Å²) in [7, 11) is 0. The Kier molecular flexibility index (Phi) is 7.16. The molecule has 0 aromatic heterocycles. The van der Waals surface area contributed by atoms with Crippen molar-refractivity contribution >= 4 is 23.2 Å². The molecule has 1 unspecified atom stereocenters. The molecule has 0 spiro atoms. The number of nitro benzene ring substituents is 1. The monoisotopic (exact) mass is 387 g/mol. The van der Waals surface area contributed by atoms with E-state index in [2.05, 4.69) is 11.4 Å². The molecule has 0 radical (unpaired) electrons. The molecule has 0 saturated carbocycles. The zero-order valence-electron chi connectivity index (χ0n) is 15.4. The maximum absolute atomic E-state index is 12.3. The lowest BCUT2D eigenvalue weighted by Gasteiger charge is -2.29. The summed E-state index contributed by atoms with van der Waals surface area (Å²) in [5.41, 5.74) is 1.95. The molecule has 1 atom stereocenters. The highest BCUT2D eigenvalue weighted by Gasteiger charge is 2.33. The molecule has 27 heavy (non-hydrogen) atoms. The molecule has 7 nitrogen and oxygen atoms in total. The highest BCUT2D eigenvalue weighted by molar-refractivity contribution is 8.03. The number of allylic oxidation sites excluding steroid dienone is 3. The fraction of sp³-hybridized carbons (Fsp3) is 0.368. The molecule has 1 aliphatic rings. The van der Waals surface area contributed by atoms with Gasteiger partial charge in [0.2, 0.25) is 0 Å². The lowest BCUT2D eigenvalue weighted by molar-refractivity contribution is -0.384. The molecule has 1 aromatic carbocycles. The Morgan fingerprint density at radius 1 is 1.48 bits per heavy atom. The van der Waals surface area contributed by atoms with E-state index in [-0.39, 0.29) is 11.5 Å². The van der Waals surface area contributed by atoms with E-state index in [4.69, 9.17) is 4.74 Å². The molecule has 1 aliphatic heterocycles. The number of ether oxygens (including phenoxy) is 1. The summed E-state index contributed by atoms with van der Waals surface area (Å²) in [6.45, 7) is 6.27. The predicted octanol–water partition coefficient (Wildman–Crippen LogP) is 3.65. The number of non-ortho nitro benzene ring substituents is 1. The van der Waals surface area contributed by atoms with E-state index in [0.717, 1.165) is 0 Å². The summed E-state index contributed by atoms with van der Waals surface area (Å²) < 4.78 is 5.34. The Morgan fingerprint density at radius 2 is 2.22 bits per heavy atom. The number of Topliss-reactive ketones (excluding diaryl/α,β-unsaturated/α-hetero) is 1. The van der Waals surface area contributed by atoms with Gasteiger partial charge in [-0.1, -0.05) is 12.1 Å². The lowest BCUT2D eigenvalue weighted by Crippen LogP contribution is -2.27. The van der Waals surface area contributed by atoms with Gasteiger partial charge in [-0.2, -0.15) is 5.26 Å². The topological polar surface area (TPSA) is 105 Å². The molecule has 0 amide bonds. The van der Waals surface area contributed by atoms with E-state index >= 15 is 0 Å². The van der Waals surface area contributed by atoms with Gasteiger partial charge in [0.05, 0.1) is 34.1 Å². The molecule has 0 aliphatic carbocycles. The van der Waals surface area contributed by atoms with Crippen LogP contribution >= 0.6 is 11.8 Å². The number of dihydropyridines is 1. The van der Waals surface area contributed by atoms with E-state index in [9.17, 15) is 20.2 Å². The second-order valence-electron chi connectivity index (χ2n) is 5.90. The molecule has 8 heteroatoms. The number of carbonyl (C=O) groups is 1. The van der Waals surface area contributed by atoms with Gasteiger partial charge in [-0.15, -0.1) is 11.8 Å². The Balaban J connectivity index is 2.52. The van der Waals surface area contributed by atoms with Gasteiger partial charge in [-0.05, 0) is 26.3 Å². The third-order valence-electron chi connectivity index (χ3n) is 4.12. The average molecular weight is 387 g/mol. The Hall–Kier alpha value is -2.63. The van der Waals surface area contributed by atoms with Gasteiger partial charge >= 0.3 is 0 Å². The van der Waals surface area contributed by atoms with Gasteiger partial charge < -0.3 is 10.1 Å². The van der Waals surface area contributed by atoms with Crippen LogP contribution in [-0.4, -0.2) is 29.7 Å². The maximum Gasteiger partial charge on any atom is 0.269 e. The number of carbonyl (C=O) groups excluding carboxylic acids is 1. The van der Waals surface area contributed by atoms with Gasteiger partial charge in [0.25, 0.3) is 5.69 Å². The summed E-state index contributed by atoms with van der Waals surface area (Å²) in [6, 6.07) is 8.29. The number of nitro groups is 1. The van der Waals surface area contributed by atoms with Gasteiger partial charge in [-0.25, -0.2) is 0 Å². The third kappa shape index (κ3) is 4.76. The van der Waals surface area contributed by atoms with Crippen LogP contribution in [0.5, 0.6) is 0 Å². The van der Waals surface area contributed by atoms with Gasteiger partial charge in [-0.3, -0.25) is 14.9 Å². The van der Waals surface area contributed by atoms with Crippen molar-refractivity contribution in [2.45, 2.75) is 26.7 Å². The first-order chi connectivity index (χ1) is 12.9. The number of hydrogen-bond acceptors (Lipinski definition) is 7. The zero-order chi connectivity index (χ0) is 20.0. The number of nitriles is 1. The lowest BCUT2D eigenvalue weighted by atomic mass is 9.81. The van der Waals surface area contributed by atoms with Crippen LogP contribution in [0.4, 0.5) is 5.69 Å². The van der Waals surface area contributed by atoms with E-state index in [1.54, 1.807) is 19.1 Å². The normalized spacial score (nSPS) is 16.7. The van der Waals surface area contributed by atoms with Gasteiger partial charge in [0, 0.05) is 35.8 Å². The van der Waals surface area contributed by atoms with Crippen molar-refractivity contribution in [2.24, 2.45) is 0 Å². The molecule has 1 aromatic rings.